The van der Waals surface area contributed by atoms with E-state index in [0.29, 0.717) is 12.1 Å². The van der Waals surface area contributed by atoms with Crippen molar-refractivity contribution in [3.63, 3.8) is 0 Å². The van der Waals surface area contributed by atoms with Gasteiger partial charge in [-0.2, -0.15) is 0 Å². The van der Waals surface area contributed by atoms with Crippen molar-refractivity contribution in [3.05, 3.63) is 0 Å². The summed E-state index contributed by atoms with van der Waals surface area (Å²) in [5.74, 6) is 0.282. The molecule has 1 saturated heterocycles. The summed E-state index contributed by atoms with van der Waals surface area (Å²) in [6.45, 7) is 3.89. The zero-order chi connectivity index (χ0) is 12.4. The van der Waals surface area contributed by atoms with Crippen LogP contribution < -0.4 is 5.32 Å². The maximum absolute atomic E-state index is 12.3. The third-order valence-electron chi connectivity index (χ3n) is 4.21. The summed E-state index contributed by atoms with van der Waals surface area (Å²) in [6.07, 6.45) is 5.18. The van der Waals surface area contributed by atoms with Gasteiger partial charge in [0.05, 0.1) is 0 Å². The van der Waals surface area contributed by atoms with Gasteiger partial charge in [-0.05, 0) is 26.8 Å². The van der Waals surface area contributed by atoms with Crippen LogP contribution in [0.15, 0.2) is 0 Å². The van der Waals surface area contributed by atoms with Crippen LogP contribution in [0.1, 0.15) is 32.6 Å². The molecule has 98 valence electrons. The Morgan fingerprint density at radius 1 is 1.35 bits per heavy atom. The number of nitrogens with zero attached hydrogens (tertiary/aromatic N) is 2. The second kappa shape index (κ2) is 5.36. The quantitative estimate of drug-likeness (QED) is 0.786. The zero-order valence-electron chi connectivity index (χ0n) is 11.3. The lowest BCUT2D eigenvalue weighted by Gasteiger charge is -2.46. The maximum Gasteiger partial charge on any atom is 0.241 e. The molecule has 1 N–H and O–H groups in total. The fourth-order valence-corrected chi connectivity index (χ4v) is 3.47. The summed E-state index contributed by atoms with van der Waals surface area (Å²) in [7, 11) is 3.85. The largest absolute Gasteiger partial charge is 0.343 e. The number of rotatable bonds is 3. The molecular formula is C13H25N3O. The predicted octanol–water partition coefficient (Wildman–Crippen LogP) is 0.680. The van der Waals surface area contributed by atoms with Crippen molar-refractivity contribution in [2.24, 2.45) is 0 Å². The highest BCUT2D eigenvalue weighted by Gasteiger charge is 2.40. The third kappa shape index (κ3) is 2.47. The average Bonchev–Trinajstić information content (AvgIpc) is 2.79. The SMILES string of the molecule is CNCC1C(=O)N(C)CC(C)N1C1CCCC1. The number of hydrogen-bond acceptors (Lipinski definition) is 3. The van der Waals surface area contributed by atoms with E-state index in [1.165, 1.54) is 25.7 Å². The summed E-state index contributed by atoms with van der Waals surface area (Å²) in [4.78, 5) is 16.6. The van der Waals surface area contributed by atoms with E-state index in [0.717, 1.165) is 13.1 Å². The summed E-state index contributed by atoms with van der Waals surface area (Å²) in [5.41, 5.74) is 0. The molecule has 1 aliphatic carbocycles. The van der Waals surface area contributed by atoms with E-state index < -0.39 is 0 Å². The lowest BCUT2D eigenvalue weighted by molar-refractivity contribution is -0.144. The second-order valence-corrected chi connectivity index (χ2v) is 5.53. The highest BCUT2D eigenvalue weighted by molar-refractivity contribution is 5.83. The van der Waals surface area contributed by atoms with Crippen molar-refractivity contribution in [1.82, 2.24) is 15.1 Å². The number of carbonyl (C=O) groups excluding carboxylic acids is 1. The molecule has 0 bridgehead atoms. The molecule has 0 aromatic rings. The number of amides is 1. The minimum atomic E-state index is 0.0387. The lowest BCUT2D eigenvalue weighted by atomic mass is 10.0. The molecule has 1 amide bonds. The summed E-state index contributed by atoms with van der Waals surface area (Å²) >= 11 is 0. The van der Waals surface area contributed by atoms with Crippen molar-refractivity contribution in [1.29, 1.82) is 0 Å². The fraction of sp³-hybridized carbons (Fsp3) is 0.923. The molecule has 0 spiro atoms. The number of hydrogen-bond donors (Lipinski definition) is 1. The molecule has 2 aliphatic rings. The minimum absolute atomic E-state index is 0.0387. The van der Waals surface area contributed by atoms with Gasteiger partial charge in [0.1, 0.15) is 6.04 Å². The van der Waals surface area contributed by atoms with E-state index in [1.54, 1.807) is 0 Å². The topological polar surface area (TPSA) is 35.6 Å². The molecule has 0 aromatic heterocycles. The van der Waals surface area contributed by atoms with Gasteiger partial charge in [0.25, 0.3) is 0 Å². The van der Waals surface area contributed by atoms with E-state index in [-0.39, 0.29) is 11.9 Å². The summed E-state index contributed by atoms with van der Waals surface area (Å²) in [6, 6.07) is 1.15. The van der Waals surface area contributed by atoms with Crippen LogP contribution in [0.4, 0.5) is 0 Å². The van der Waals surface area contributed by atoms with Gasteiger partial charge in [-0.1, -0.05) is 12.8 Å². The summed E-state index contributed by atoms with van der Waals surface area (Å²) < 4.78 is 0. The lowest BCUT2D eigenvalue weighted by Crippen LogP contribution is -2.64. The molecule has 1 heterocycles. The van der Waals surface area contributed by atoms with Crippen LogP contribution in [0.2, 0.25) is 0 Å². The second-order valence-electron chi connectivity index (χ2n) is 5.53. The normalized spacial score (nSPS) is 32.4. The smallest absolute Gasteiger partial charge is 0.241 e. The first kappa shape index (κ1) is 12.8. The third-order valence-corrected chi connectivity index (χ3v) is 4.21. The van der Waals surface area contributed by atoms with E-state index in [2.05, 4.69) is 17.1 Å². The average molecular weight is 239 g/mol. The van der Waals surface area contributed by atoms with Crippen LogP contribution in [0.5, 0.6) is 0 Å². The zero-order valence-corrected chi connectivity index (χ0v) is 11.3. The van der Waals surface area contributed by atoms with Crippen molar-refractivity contribution < 1.29 is 4.79 Å². The predicted molar refractivity (Wildman–Crippen MR) is 68.9 cm³/mol. The number of piperazine rings is 1. The first-order valence-corrected chi connectivity index (χ1v) is 6.82. The van der Waals surface area contributed by atoms with Crippen LogP contribution in [0, 0.1) is 0 Å². The van der Waals surface area contributed by atoms with Crippen molar-refractivity contribution in [2.45, 2.75) is 50.7 Å². The van der Waals surface area contributed by atoms with Crippen molar-refractivity contribution in [2.75, 3.05) is 27.2 Å². The van der Waals surface area contributed by atoms with Crippen LogP contribution in [0.3, 0.4) is 0 Å². The number of nitrogens with one attached hydrogen (secondary N) is 1. The van der Waals surface area contributed by atoms with Gasteiger partial charge in [0.15, 0.2) is 0 Å². The van der Waals surface area contributed by atoms with Gasteiger partial charge < -0.3 is 10.2 Å². The first-order valence-electron chi connectivity index (χ1n) is 6.82. The van der Waals surface area contributed by atoms with E-state index >= 15 is 0 Å². The Labute approximate surface area is 104 Å². The molecule has 4 heteroatoms. The van der Waals surface area contributed by atoms with Gasteiger partial charge in [-0.3, -0.25) is 9.69 Å². The Bertz CT molecular complexity index is 276. The standard InChI is InChI=1S/C13H25N3O/c1-10-9-15(3)13(17)12(8-14-2)16(10)11-6-4-5-7-11/h10-12,14H,4-9H2,1-3H3. The molecule has 4 nitrogen and oxygen atoms in total. The molecule has 1 saturated carbocycles. The van der Waals surface area contributed by atoms with E-state index in [4.69, 9.17) is 0 Å². The highest BCUT2D eigenvalue weighted by atomic mass is 16.2. The Balaban J connectivity index is 2.15. The molecular weight excluding hydrogens is 214 g/mol. The Morgan fingerprint density at radius 3 is 2.59 bits per heavy atom. The molecule has 0 aromatic carbocycles. The monoisotopic (exact) mass is 239 g/mol. The Kier molecular flexibility index (Phi) is 4.05. The molecule has 2 atom stereocenters. The Hall–Kier alpha value is -0.610. The Morgan fingerprint density at radius 2 is 2.00 bits per heavy atom. The molecule has 2 fully saturated rings. The van der Waals surface area contributed by atoms with Gasteiger partial charge >= 0.3 is 0 Å². The maximum atomic E-state index is 12.3. The first-order chi connectivity index (χ1) is 8.15. The van der Waals surface area contributed by atoms with Crippen LogP contribution in [-0.4, -0.2) is 61.0 Å². The van der Waals surface area contributed by atoms with Crippen LogP contribution >= 0.6 is 0 Å². The molecule has 1 aliphatic heterocycles. The molecule has 17 heavy (non-hydrogen) atoms. The van der Waals surface area contributed by atoms with Gasteiger partial charge in [0, 0.05) is 32.2 Å². The molecule has 2 unspecified atom stereocenters. The highest BCUT2D eigenvalue weighted by Crippen LogP contribution is 2.29. The van der Waals surface area contributed by atoms with Crippen molar-refractivity contribution >= 4 is 5.91 Å². The number of likely N-dealkylation sites (N-methyl/N-ethyl adjacent to an activating group) is 2. The van der Waals surface area contributed by atoms with Crippen molar-refractivity contribution in [3.8, 4) is 0 Å². The van der Waals surface area contributed by atoms with E-state index in [1.807, 2.05) is 19.0 Å². The molecule has 2 rings (SSSR count). The van der Waals surface area contributed by atoms with Gasteiger partial charge in [-0.15, -0.1) is 0 Å². The van der Waals surface area contributed by atoms with Gasteiger partial charge in [0.2, 0.25) is 5.91 Å². The van der Waals surface area contributed by atoms with E-state index in [9.17, 15) is 4.79 Å². The minimum Gasteiger partial charge on any atom is -0.343 e. The summed E-state index contributed by atoms with van der Waals surface area (Å²) in [5, 5.41) is 3.17. The van der Waals surface area contributed by atoms with Gasteiger partial charge in [-0.25, -0.2) is 0 Å². The van der Waals surface area contributed by atoms with Crippen LogP contribution in [-0.2, 0) is 4.79 Å². The fourth-order valence-electron chi connectivity index (χ4n) is 3.47. The van der Waals surface area contributed by atoms with Crippen LogP contribution in [0.25, 0.3) is 0 Å². The molecule has 0 radical (unpaired) electrons. The number of carbonyl (C=O) groups is 1.